The van der Waals surface area contributed by atoms with E-state index in [1.54, 1.807) is 0 Å². The van der Waals surface area contributed by atoms with Crippen molar-refractivity contribution in [3.05, 3.63) is 5.89 Å². The fourth-order valence-electron chi connectivity index (χ4n) is 1.16. The van der Waals surface area contributed by atoms with Crippen LogP contribution in [0.5, 0.6) is 0 Å². The molecule has 0 aliphatic heterocycles. The van der Waals surface area contributed by atoms with E-state index < -0.39 is 0 Å². The zero-order valence-corrected chi connectivity index (χ0v) is 10.6. The lowest BCUT2D eigenvalue weighted by Crippen LogP contribution is -2.19. The minimum Gasteiger partial charge on any atom is -0.407 e. The summed E-state index contributed by atoms with van der Waals surface area (Å²) in [5.74, 6) is 1.82. The van der Waals surface area contributed by atoms with Crippen molar-refractivity contribution in [1.82, 2.24) is 15.5 Å². The summed E-state index contributed by atoms with van der Waals surface area (Å²) in [5, 5.41) is 14.2. The summed E-state index contributed by atoms with van der Waals surface area (Å²) in [6.07, 6.45) is 0. The fraction of sp³-hybridized carbons (Fsp3) is 0.818. The van der Waals surface area contributed by atoms with Crippen molar-refractivity contribution in [3.63, 3.8) is 0 Å². The minimum atomic E-state index is 0.509. The van der Waals surface area contributed by atoms with Crippen LogP contribution >= 0.6 is 0 Å². The first kappa shape index (κ1) is 13.0. The van der Waals surface area contributed by atoms with Crippen LogP contribution in [0.25, 0.3) is 0 Å². The van der Waals surface area contributed by atoms with Crippen molar-refractivity contribution >= 4 is 6.01 Å². The van der Waals surface area contributed by atoms with Crippen LogP contribution in [0.2, 0.25) is 0 Å². The molecule has 0 radical (unpaired) electrons. The molecule has 0 atom stereocenters. The van der Waals surface area contributed by atoms with Gasteiger partial charge in [-0.3, -0.25) is 0 Å². The maximum Gasteiger partial charge on any atom is 0.315 e. The minimum absolute atomic E-state index is 0.509. The predicted molar refractivity (Wildman–Crippen MR) is 64.2 cm³/mol. The van der Waals surface area contributed by atoms with Crippen LogP contribution in [0.3, 0.4) is 0 Å². The maximum atomic E-state index is 5.42. The van der Waals surface area contributed by atoms with Crippen LogP contribution in [-0.4, -0.2) is 23.3 Å². The Bertz CT molecular complexity index is 296. The lowest BCUT2D eigenvalue weighted by atomic mass is 10.2. The van der Waals surface area contributed by atoms with E-state index in [1.807, 2.05) is 0 Å². The molecule has 0 spiro atoms. The van der Waals surface area contributed by atoms with Crippen LogP contribution in [-0.2, 0) is 6.54 Å². The number of anilines is 1. The summed E-state index contributed by atoms with van der Waals surface area (Å²) in [4.78, 5) is 0. The van der Waals surface area contributed by atoms with E-state index in [-0.39, 0.29) is 0 Å². The van der Waals surface area contributed by atoms with E-state index in [0.29, 0.717) is 30.3 Å². The molecule has 92 valence electrons. The van der Waals surface area contributed by atoms with E-state index >= 15 is 0 Å². The molecule has 0 aliphatic carbocycles. The van der Waals surface area contributed by atoms with Gasteiger partial charge in [0, 0.05) is 6.54 Å². The molecule has 0 bridgehead atoms. The van der Waals surface area contributed by atoms with Crippen LogP contribution in [0.15, 0.2) is 4.42 Å². The number of hydrogen-bond donors (Lipinski definition) is 2. The van der Waals surface area contributed by atoms with Crippen molar-refractivity contribution < 1.29 is 4.42 Å². The maximum absolute atomic E-state index is 5.42. The molecule has 1 aromatic heterocycles. The van der Waals surface area contributed by atoms with Crippen LogP contribution < -0.4 is 10.6 Å². The Morgan fingerprint density at radius 3 is 2.38 bits per heavy atom. The Balaban J connectivity index is 2.28. The molecule has 5 heteroatoms. The number of hydrogen-bond acceptors (Lipinski definition) is 5. The molecule has 0 aromatic carbocycles. The van der Waals surface area contributed by atoms with E-state index in [9.17, 15) is 0 Å². The summed E-state index contributed by atoms with van der Waals surface area (Å²) in [6, 6.07) is 0.509. The van der Waals surface area contributed by atoms with Crippen molar-refractivity contribution in [2.75, 3.05) is 18.4 Å². The molecule has 0 aliphatic rings. The molecule has 1 heterocycles. The molecule has 5 nitrogen and oxygen atoms in total. The Labute approximate surface area is 97.0 Å². The van der Waals surface area contributed by atoms with Crippen LogP contribution in [0.1, 0.15) is 33.6 Å². The third kappa shape index (κ3) is 5.11. The first-order valence-electron chi connectivity index (χ1n) is 5.85. The number of rotatable bonds is 7. The lowest BCUT2D eigenvalue weighted by Gasteiger charge is -2.04. The zero-order chi connectivity index (χ0) is 12.0. The molecule has 0 amide bonds. The van der Waals surface area contributed by atoms with E-state index in [2.05, 4.69) is 48.5 Å². The van der Waals surface area contributed by atoms with Gasteiger partial charge in [0.1, 0.15) is 0 Å². The number of aromatic nitrogens is 2. The van der Waals surface area contributed by atoms with Gasteiger partial charge in [0.2, 0.25) is 5.89 Å². The predicted octanol–water partition coefficient (Wildman–Crippen LogP) is 1.88. The smallest absolute Gasteiger partial charge is 0.315 e. The van der Waals surface area contributed by atoms with Crippen molar-refractivity contribution in [3.8, 4) is 0 Å². The summed E-state index contributed by atoms with van der Waals surface area (Å²) < 4.78 is 5.42. The lowest BCUT2D eigenvalue weighted by molar-refractivity contribution is 0.457. The third-order valence-corrected chi connectivity index (χ3v) is 1.96. The average Bonchev–Trinajstić information content (AvgIpc) is 2.62. The largest absolute Gasteiger partial charge is 0.407 e. The van der Waals surface area contributed by atoms with Gasteiger partial charge in [0.25, 0.3) is 0 Å². The third-order valence-electron chi connectivity index (χ3n) is 1.96. The van der Waals surface area contributed by atoms with E-state index in [1.165, 1.54) is 0 Å². The van der Waals surface area contributed by atoms with Gasteiger partial charge >= 0.3 is 6.01 Å². The molecular weight excluding hydrogens is 204 g/mol. The van der Waals surface area contributed by atoms with Gasteiger partial charge in [-0.05, 0) is 18.4 Å². The molecule has 0 unspecified atom stereocenters. The first-order chi connectivity index (χ1) is 7.58. The van der Waals surface area contributed by atoms with Gasteiger partial charge in [0.05, 0.1) is 6.54 Å². The van der Waals surface area contributed by atoms with E-state index in [0.717, 1.165) is 13.1 Å². The van der Waals surface area contributed by atoms with Gasteiger partial charge in [-0.1, -0.05) is 32.8 Å². The average molecular weight is 226 g/mol. The van der Waals surface area contributed by atoms with Gasteiger partial charge < -0.3 is 15.1 Å². The molecule has 2 N–H and O–H groups in total. The van der Waals surface area contributed by atoms with Gasteiger partial charge in [0.15, 0.2) is 0 Å². The molecular formula is C11H22N4O. The second-order valence-electron chi connectivity index (χ2n) is 4.80. The van der Waals surface area contributed by atoms with Crippen LogP contribution in [0.4, 0.5) is 6.01 Å². The van der Waals surface area contributed by atoms with E-state index in [4.69, 9.17) is 4.42 Å². The molecule has 0 fully saturated rings. The summed E-state index contributed by atoms with van der Waals surface area (Å²) >= 11 is 0. The molecule has 0 saturated carbocycles. The topological polar surface area (TPSA) is 63.0 Å². The fourth-order valence-corrected chi connectivity index (χ4v) is 1.16. The zero-order valence-electron chi connectivity index (χ0n) is 10.6. The Morgan fingerprint density at radius 2 is 1.75 bits per heavy atom. The Morgan fingerprint density at radius 1 is 1.06 bits per heavy atom. The SMILES string of the molecule is CC(C)CNCc1nnc(NCC(C)C)o1. The van der Waals surface area contributed by atoms with Crippen LogP contribution in [0, 0.1) is 11.8 Å². The van der Waals surface area contributed by atoms with Gasteiger partial charge in [-0.15, -0.1) is 5.10 Å². The summed E-state index contributed by atoms with van der Waals surface area (Å²) in [7, 11) is 0. The monoisotopic (exact) mass is 226 g/mol. The molecule has 1 aromatic rings. The number of nitrogens with one attached hydrogen (secondary N) is 2. The van der Waals surface area contributed by atoms with Gasteiger partial charge in [-0.2, -0.15) is 0 Å². The molecule has 1 rings (SSSR count). The van der Waals surface area contributed by atoms with Crippen molar-refractivity contribution in [1.29, 1.82) is 0 Å². The highest BCUT2D eigenvalue weighted by Gasteiger charge is 2.05. The number of nitrogens with zero attached hydrogens (tertiary/aromatic N) is 2. The standard InChI is InChI=1S/C11H22N4O/c1-8(2)5-12-7-10-14-15-11(16-10)13-6-9(3)4/h8-9,12H,5-7H2,1-4H3,(H,13,15). The summed E-state index contributed by atoms with van der Waals surface area (Å²) in [5.41, 5.74) is 0. The van der Waals surface area contributed by atoms with Gasteiger partial charge in [-0.25, -0.2) is 0 Å². The first-order valence-corrected chi connectivity index (χ1v) is 5.85. The highest BCUT2D eigenvalue weighted by atomic mass is 16.4. The second-order valence-corrected chi connectivity index (χ2v) is 4.80. The van der Waals surface area contributed by atoms with Crippen molar-refractivity contribution in [2.45, 2.75) is 34.2 Å². The Hall–Kier alpha value is -1.10. The van der Waals surface area contributed by atoms with Crippen molar-refractivity contribution in [2.24, 2.45) is 11.8 Å². The second kappa shape index (κ2) is 6.48. The summed E-state index contributed by atoms with van der Waals surface area (Å²) in [6.45, 7) is 11.0. The molecule has 16 heavy (non-hydrogen) atoms. The normalized spacial score (nSPS) is 11.4. The Kier molecular flexibility index (Phi) is 5.25. The highest BCUT2D eigenvalue weighted by Crippen LogP contribution is 2.06. The quantitative estimate of drug-likeness (QED) is 0.743. The highest BCUT2D eigenvalue weighted by molar-refractivity contribution is 5.16. The molecule has 0 saturated heterocycles.